The highest BCUT2D eigenvalue weighted by molar-refractivity contribution is 5.80. The molecule has 6 heteroatoms. The van der Waals surface area contributed by atoms with Gasteiger partial charge in [-0.15, -0.1) is 0 Å². The van der Waals surface area contributed by atoms with E-state index in [-0.39, 0.29) is 5.82 Å². The van der Waals surface area contributed by atoms with Crippen LogP contribution in [0.4, 0.5) is 15.8 Å². The molecule has 2 heterocycles. The van der Waals surface area contributed by atoms with Crippen molar-refractivity contribution in [2.75, 3.05) is 42.5 Å². The highest BCUT2D eigenvalue weighted by atomic mass is 19.1. The van der Waals surface area contributed by atoms with Crippen LogP contribution < -0.4 is 20.4 Å². The van der Waals surface area contributed by atoms with Crippen molar-refractivity contribution >= 4 is 17.3 Å². The smallest absolute Gasteiger partial charge is 0.191 e. The molecule has 0 unspecified atom stereocenters. The van der Waals surface area contributed by atoms with Crippen LogP contribution >= 0.6 is 0 Å². The predicted molar refractivity (Wildman–Crippen MR) is 127 cm³/mol. The minimum atomic E-state index is -0.177. The van der Waals surface area contributed by atoms with Crippen molar-refractivity contribution in [3.63, 3.8) is 0 Å². The average Bonchev–Trinajstić information content (AvgIpc) is 3.33. The fourth-order valence-electron chi connectivity index (χ4n) is 4.18. The summed E-state index contributed by atoms with van der Waals surface area (Å²) in [6.07, 6.45) is 6.41. The summed E-state index contributed by atoms with van der Waals surface area (Å²) in [7, 11) is 0. The molecule has 2 aliphatic rings. The number of halogens is 1. The van der Waals surface area contributed by atoms with Gasteiger partial charge in [0.15, 0.2) is 5.96 Å². The Bertz CT molecular complexity index is 910. The first-order valence-corrected chi connectivity index (χ1v) is 11.3. The van der Waals surface area contributed by atoms with Crippen LogP contribution in [0.25, 0.3) is 0 Å². The molecule has 2 aliphatic heterocycles. The predicted octanol–water partition coefficient (Wildman–Crippen LogP) is 3.93. The third kappa shape index (κ3) is 5.78. The van der Waals surface area contributed by atoms with Crippen molar-refractivity contribution in [2.45, 2.75) is 32.4 Å². The highest BCUT2D eigenvalue weighted by Gasteiger charge is 2.20. The number of nitrogens with one attached hydrogen (secondary N) is 2. The summed E-state index contributed by atoms with van der Waals surface area (Å²) >= 11 is 0. The van der Waals surface area contributed by atoms with E-state index in [1.165, 1.54) is 17.3 Å². The number of hydrogen-bond acceptors (Lipinski definition) is 3. The lowest BCUT2D eigenvalue weighted by molar-refractivity contribution is 0.461. The second kappa shape index (κ2) is 10.3. The van der Waals surface area contributed by atoms with Gasteiger partial charge in [0.05, 0.1) is 6.54 Å². The Kier molecular flexibility index (Phi) is 7.07. The van der Waals surface area contributed by atoms with Gasteiger partial charge >= 0.3 is 0 Å². The van der Waals surface area contributed by atoms with E-state index < -0.39 is 0 Å². The number of benzene rings is 2. The molecule has 31 heavy (non-hydrogen) atoms. The zero-order valence-electron chi connectivity index (χ0n) is 18.2. The number of piperidine rings is 1. The molecule has 0 aromatic heterocycles. The van der Waals surface area contributed by atoms with Gasteiger partial charge in [-0.2, -0.15) is 0 Å². The van der Waals surface area contributed by atoms with Crippen molar-refractivity contribution in [2.24, 2.45) is 4.99 Å². The Morgan fingerprint density at radius 1 is 1.00 bits per heavy atom. The minimum Gasteiger partial charge on any atom is -0.371 e. The first-order chi connectivity index (χ1) is 15.2. The largest absolute Gasteiger partial charge is 0.371 e. The zero-order valence-corrected chi connectivity index (χ0v) is 18.2. The molecule has 0 radical (unpaired) electrons. The van der Waals surface area contributed by atoms with Crippen LogP contribution in [0.15, 0.2) is 65.7 Å². The minimum absolute atomic E-state index is 0.177. The number of nitrogens with zero attached hydrogens (tertiary/aromatic N) is 3. The van der Waals surface area contributed by atoms with Gasteiger partial charge in [-0.25, -0.2) is 9.38 Å². The summed E-state index contributed by atoms with van der Waals surface area (Å²) in [5.41, 5.74) is 3.43. The van der Waals surface area contributed by atoms with Gasteiger partial charge in [0.2, 0.25) is 0 Å². The van der Waals surface area contributed by atoms with Crippen LogP contribution in [0, 0.1) is 5.82 Å². The maximum Gasteiger partial charge on any atom is 0.191 e. The van der Waals surface area contributed by atoms with Gasteiger partial charge in [-0.3, -0.25) is 0 Å². The molecular formula is C25H32FN5. The number of guanidine groups is 1. The van der Waals surface area contributed by atoms with Gasteiger partial charge < -0.3 is 20.4 Å². The number of rotatable bonds is 6. The zero-order chi connectivity index (χ0) is 21.5. The Hall–Kier alpha value is -3.02. The van der Waals surface area contributed by atoms with Crippen molar-refractivity contribution in [3.05, 3.63) is 72.1 Å². The first-order valence-electron chi connectivity index (χ1n) is 11.3. The molecule has 164 valence electrons. The maximum atomic E-state index is 13.5. The monoisotopic (exact) mass is 421 g/mol. The van der Waals surface area contributed by atoms with Crippen molar-refractivity contribution in [1.82, 2.24) is 10.6 Å². The molecule has 0 bridgehead atoms. The Morgan fingerprint density at radius 2 is 1.71 bits per heavy atom. The van der Waals surface area contributed by atoms with Gasteiger partial charge in [-0.1, -0.05) is 30.4 Å². The lowest BCUT2D eigenvalue weighted by Gasteiger charge is -2.34. The van der Waals surface area contributed by atoms with Crippen molar-refractivity contribution in [1.29, 1.82) is 0 Å². The number of anilines is 2. The molecule has 0 aliphatic carbocycles. The topological polar surface area (TPSA) is 42.9 Å². The van der Waals surface area contributed by atoms with Crippen LogP contribution in [0.1, 0.15) is 25.3 Å². The van der Waals surface area contributed by atoms with Gasteiger partial charge in [0, 0.05) is 50.1 Å². The van der Waals surface area contributed by atoms with E-state index in [4.69, 9.17) is 4.99 Å². The molecule has 0 spiro atoms. The van der Waals surface area contributed by atoms with Crippen LogP contribution in [0.5, 0.6) is 0 Å². The lowest BCUT2D eigenvalue weighted by Crippen LogP contribution is -2.48. The van der Waals surface area contributed by atoms with Crippen LogP contribution in [0.3, 0.4) is 0 Å². The third-order valence-corrected chi connectivity index (χ3v) is 5.87. The Morgan fingerprint density at radius 3 is 2.42 bits per heavy atom. The van der Waals surface area contributed by atoms with Gasteiger partial charge in [0.1, 0.15) is 5.82 Å². The molecule has 2 N–H and O–H groups in total. The maximum absolute atomic E-state index is 13.5. The lowest BCUT2D eigenvalue weighted by atomic mass is 10.0. The van der Waals surface area contributed by atoms with Crippen molar-refractivity contribution in [3.8, 4) is 0 Å². The van der Waals surface area contributed by atoms with E-state index in [1.807, 2.05) is 6.07 Å². The summed E-state index contributed by atoms with van der Waals surface area (Å²) in [4.78, 5) is 9.44. The summed E-state index contributed by atoms with van der Waals surface area (Å²) in [5, 5.41) is 6.97. The summed E-state index contributed by atoms with van der Waals surface area (Å²) in [6, 6.07) is 15.9. The molecule has 2 aromatic rings. The normalized spacial score (nSPS) is 17.3. The van der Waals surface area contributed by atoms with E-state index in [0.29, 0.717) is 12.6 Å². The molecule has 1 fully saturated rings. The van der Waals surface area contributed by atoms with E-state index in [9.17, 15) is 4.39 Å². The second-order valence-corrected chi connectivity index (χ2v) is 8.13. The molecule has 1 saturated heterocycles. The number of hydrogen-bond donors (Lipinski definition) is 2. The van der Waals surface area contributed by atoms with Crippen LogP contribution in [-0.4, -0.2) is 44.7 Å². The van der Waals surface area contributed by atoms with E-state index >= 15 is 0 Å². The third-order valence-electron chi connectivity index (χ3n) is 5.87. The van der Waals surface area contributed by atoms with E-state index in [1.54, 1.807) is 12.1 Å². The van der Waals surface area contributed by atoms with E-state index in [2.05, 4.69) is 63.8 Å². The fraction of sp³-hybridized carbons (Fsp3) is 0.400. The number of aliphatic imine (C=N–C) groups is 1. The highest BCUT2D eigenvalue weighted by Crippen LogP contribution is 2.21. The van der Waals surface area contributed by atoms with Gasteiger partial charge in [-0.05, 0) is 55.7 Å². The SMILES string of the molecule is CCNC(=NCc1cccc(N2CC=CC2)c1)NC1CCN(c2cccc(F)c2)CC1. The van der Waals surface area contributed by atoms with Crippen LogP contribution in [-0.2, 0) is 6.54 Å². The second-order valence-electron chi connectivity index (χ2n) is 8.13. The molecule has 0 amide bonds. The summed E-state index contributed by atoms with van der Waals surface area (Å²) in [5.74, 6) is 0.685. The van der Waals surface area contributed by atoms with E-state index in [0.717, 1.165) is 57.2 Å². The van der Waals surface area contributed by atoms with Crippen LogP contribution in [0.2, 0.25) is 0 Å². The Balaban J connectivity index is 1.33. The average molecular weight is 422 g/mol. The molecule has 2 aromatic carbocycles. The quantitative estimate of drug-likeness (QED) is 0.421. The fourth-order valence-corrected chi connectivity index (χ4v) is 4.18. The summed E-state index contributed by atoms with van der Waals surface area (Å²) < 4.78 is 13.5. The summed E-state index contributed by atoms with van der Waals surface area (Å²) in [6.45, 7) is 7.33. The molecule has 0 atom stereocenters. The Labute approximate surface area is 184 Å². The molecule has 4 rings (SSSR count). The van der Waals surface area contributed by atoms with Crippen molar-refractivity contribution < 1.29 is 4.39 Å². The molecule has 5 nitrogen and oxygen atoms in total. The molecule has 0 saturated carbocycles. The first kappa shape index (κ1) is 21.2. The van der Waals surface area contributed by atoms with Gasteiger partial charge in [0.25, 0.3) is 0 Å². The standard InChI is InChI=1S/C25H32FN5/c1-2-27-25(28-19-20-7-5-9-23(17-20)30-13-3-4-14-30)29-22-11-15-31(16-12-22)24-10-6-8-21(26)18-24/h3-10,17-18,22H,2,11-16,19H2,1H3,(H2,27,28,29). The molecular weight excluding hydrogens is 389 g/mol.